The van der Waals surface area contributed by atoms with Crippen molar-refractivity contribution in [3.8, 4) is 5.88 Å². The molecule has 0 aliphatic heterocycles. The second-order valence-corrected chi connectivity index (χ2v) is 4.97. The molecule has 0 atom stereocenters. The minimum atomic E-state index is -0.214. The summed E-state index contributed by atoms with van der Waals surface area (Å²) < 4.78 is 11.1. The molecule has 0 saturated heterocycles. The van der Waals surface area contributed by atoms with Crippen LogP contribution in [0.4, 0.5) is 5.95 Å². The Kier molecular flexibility index (Phi) is 3.85. The zero-order chi connectivity index (χ0) is 13.9. The van der Waals surface area contributed by atoms with Gasteiger partial charge in [0.2, 0.25) is 11.8 Å². The van der Waals surface area contributed by atoms with Crippen LogP contribution in [0.15, 0.2) is 24.3 Å². The Bertz CT molecular complexity index is 570. The van der Waals surface area contributed by atoms with Crippen molar-refractivity contribution in [1.82, 2.24) is 9.97 Å². The molecule has 0 amide bonds. The average molecular weight is 261 g/mol. The Balaban J connectivity index is 2.16. The summed E-state index contributed by atoms with van der Waals surface area (Å²) in [6.07, 6.45) is 0.766. The third kappa shape index (κ3) is 3.32. The third-order valence-corrected chi connectivity index (χ3v) is 3.08. The van der Waals surface area contributed by atoms with Gasteiger partial charge in [0, 0.05) is 13.5 Å². The molecule has 0 unspecified atom stereocenters. The normalized spacial score (nSPS) is 11.7. The molecule has 102 valence electrons. The summed E-state index contributed by atoms with van der Waals surface area (Å²) in [5, 5.41) is 0.868. The molecule has 0 saturated carbocycles. The van der Waals surface area contributed by atoms with E-state index < -0.39 is 0 Å². The summed E-state index contributed by atoms with van der Waals surface area (Å²) in [7, 11) is 1.69. The number of anilines is 1. The number of hydrogen-bond acceptors (Lipinski definition) is 5. The molecule has 0 radical (unpaired) electrons. The van der Waals surface area contributed by atoms with Crippen LogP contribution in [0.5, 0.6) is 5.88 Å². The quantitative estimate of drug-likeness (QED) is 0.895. The van der Waals surface area contributed by atoms with E-state index in [9.17, 15) is 0 Å². The van der Waals surface area contributed by atoms with Gasteiger partial charge >= 0.3 is 0 Å². The van der Waals surface area contributed by atoms with E-state index >= 15 is 0 Å². The van der Waals surface area contributed by atoms with Gasteiger partial charge in [0.05, 0.1) is 23.1 Å². The van der Waals surface area contributed by atoms with E-state index in [0.29, 0.717) is 12.5 Å². The van der Waals surface area contributed by atoms with Crippen LogP contribution < -0.4 is 10.5 Å². The fraction of sp³-hybridized carbons (Fsp3) is 0.429. The number of rotatable bonds is 5. The predicted molar refractivity (Wildman–Crippen MR) is 75.2 cm³/mol. The number of nitrogens with zero attached hydrogens (tertiary/aromatic N) is 2. The highest BCUT2D eigenvalue weighted by atomic mass is 16.5. The molecule has 2 aromatic rings. The fourth-order valence-corrected chi connectivity index (χ4v) is 1.67. The van der Waals surface area contributed by atoms with E-state index in [1.165, 1.54) is 0 Å². The molecule has 0 spiro atoms. The average Bonchev–Trinajstić information content (AvgIpc) is 2.38. The number of methoxy groups -OCH3 is 1. The molecular formula is C14H19N3O2. The number of nitrogen functional groups attached to an aromatic ring is 1. The summed E-state index contributed by atoms with van der Waals surface area (Å²) in [4.78, 5) is 8.32. The van der Waals surface area contributed by atoms with Crippen molar-refractivity contribution in [2.75, 3.05) is 19.5 Å². The number of nitrogens with two attached hydrogens (primary N) is 1. The fourth-order valence-electron chi connectivity index (χ4n) is 1.67. The molecule has 0 bridgehead atoms. The second kappa shape index (κ2) is 5.40. The lowest BCUT2D eigenvalue weighted by Gasteiger charge is -2.22. The summed E-state index contributed by atoms with van der Waals surface area (Å²) >= 11 is 0. The van der Waals surface area contributed by atoms with Crippen molar-refractivity contribution in [2.45, 2.75) is 25.9 Å². The minimum Gasteiger partial charge on any atom is -0.477 e. The number of hydrogen-bond donors (Lipinski definition) is 1. The number of fused-ring (bicyclic) bond motifs is 1. The Morgan fingerprint density at radius 2 is 1.95 bits per heavy atom. The van der Waals surface area contributed by atoms with Crippen LogP contribution in [0.3, 0.4) is 0 Å². The number of ether oxygens (including phenoxy) is 2. The topological polar surface area (TPSA) is 70.3 Å². The molecule has 0 aliphatic rings. The summed E-state index contributed by atoms with van der Waals surface area (Å²) in [6.45, 7) is 4.55. The van der Waals surface area contributed by atoms with E-state index in [1.54, 1.807) is 7.11 Å². The van der Waals surface area contributed by atoms with E-state index in [-0.39, 0.29) is 11.5 Å². The van der Waals surface area contributed by atoms with Gasteiger partial charge in [-0.25, -0.2) is 4.98 Å². The van der Waals surface area contributed by atoms with Gasteiger partial charge in [-0.1, -0.05) is 12.1 Å². The van der Waals surface area contributed by atoms with E-state index in [0.717, 1.165) is 17.3 Å². The maximum Gasteiger partial charge on any atom is 0.226 e. The van der Waals surface area contributed by atoms with Crippen molar-refractivity contribution in [3.05, 3.63) is 24.3 Å². The van der Waals surface area contributed by atoms with Gasteiger partial charge in [0.1, 0.15) is 0 Å². The highest BCUT2D eigenvalue weighted by molar-refractivity contribution is 5.84. The molecule has 5 heteroatoms. The first kappa shape index (κ1) is 13.5. The van der Waals surface area contributed by atoms with Crippen LogP contribution in [-0.4, -0.2) is 29.3 Å². The highest BCUT2D eigenvalue weighted by Gasteiger charge is 2.16. The van der Waals surface area contributed by atoms with Crippen LogP contribution >= 0.6 is 0 Å². The highest BCUT2D eigenvalue weighted by Crippen LogP contribution is 2.23. The van der Waals surface area contributed by atoms with Crippen molar-refractivity contribution in [3.63, 3.8) is 0 Å². The lowest BCUT2D eigenvalue weighted by molar-refractivity contribution is 0.00523. The number of benzene rings is 1. The lowest BCUT2D eigenvalue weighted by Crippen LogP contribution is -2.25. The van der Waals surface area contributed by atoms with Crippen LogP contribution in [0, 0.1) is 0 Å². The first-order valence-corrected chi connectivity index (χ1v) is 6.22. The molecule has 0 fully saturated rings. The smallest absolute Gasteiger partial charge is 0.226 e. The summed E-state index contributed by atoms with van der Waals surface area (Å²) in [5.41, 5.74) is 6.26. The van der Waals surface area contributed by atoms with Crippen molar-refractivity contribution in [2.24, 2.45) is 0 Å². The second-order valence-electron chi connectivity index (χ2n) is 4.97. The van der Waals surface area contributed by atoms with Crippen LogP contribution in [-0.2, 0) is 4.74 Å². The Morgan fingerprint density at radius 1 is 1.21 bits per heavy atom. The zero-order valence-electron chi connectivity index (χ0n) is 11.5. The van der Waals surface area contributed by atoms with Gasteiger partial charge < -0.3 is 15.2 Å². The zero-order valence-corrected chi connectivity index (χ0v) is 11.5. The Labute approximate surface area is 112 Å². The van der Waals surface area contributed by atoms with Crippen molar-refractivity contribution >= 4 is 16.9 Å². The maximum absolute atomic E-state index is 5.73. The first-order chi connectivity index (χ1) is 9.02. The van der Waals surface area contributed by atoms with E-state index in [1.807, 2.05) is 38.1 Å². The predicted octanol–water partition coefficient (Wildman–Crippen LogP) is 2.41. The van der Waals surface area contributed by atoms with Crippen LogP contribution in [0.2, 0.25) is 0 Å². The van der Waals surface area contributed by atoms with E-state index in [4.69, 9.17) is 15.2 Å². The summed E-state index contributed by atoms with van der Waals surface area (Å²) in [6, 6.07) is 7.64. The monoisotopic (exact) mass is 261 g/mol. The SMILES string of the molecule is COC(C)(C)CCOc1nc(N)nc2ccccc12. The molecule has 1 aromatic heterocycles. The molecule has 1 aromatic carbocycles. The van der Waals surface area contributed by atoms with Crippen LogP contribution in [0.25, 0.3) is 10.9 Å². The molecule has 1 heterocycles. The molecular weight excluding hydrogens is 242 g/mol. The summed E-state index contributed by atoms with van der Waals surface area (Å²) in [5.74, 6) is 0.745. The van der Waals surface area contributed by atoms with Gasteiger partial charge in [-0.3, -0.25) is 0 Å². The Hall–Kier alpha value is -1.88. The van der Waals surface area contributed by atoms with Crippen LogP contribution in [0.1, 0.15) is 20.3 Å². The van der Waals surface area contributed by atoms with Gasteiger partial charge in [-0.2, -0.15) is 4.98 Å². The molecule has 2 N–H and O–H groups in total. The molecule has 2 rings (SSSR count). The van der Waals surface area contributed by atoms with Gasteiger partial charge in [-0.05, 0) is 26.0 Å². The largest absolute Gasteiger partial charge is 0.477 e. The maximum atomic E-state index is 5.73. The number of aromatic nitrogens is 2. The lowest BCUT2D eigenvalue weighted by atomic mass is 10.1. The van der Waals surface area contributed by atoms with Gasteiger partial charge in [0.25, 0.3) is 0 Å². The standard InChI is InChI=1S/C14H19N3O2/c1-14(2,18-3)8-9-19-12-10-6-4-5-7-11(10)16-13(15)17-12/h4-7H,8-9H2,1-3H3,(H2,15,16,17). The van der Waals surface area contributed by atoms with E-state index in [2.05, 4.69) is 9.97 Å². The van der Waals surface area contributed by atoms with Crippen molar-refractivity contribution < 1.29 is 9.47 Å². The molecule has 19 heavy (non-hydrogen) atoms. The van der Waals surface area contributed by atoms with Gasteiger partial charge in [0.15, 0.2) is 0 Å². The molecule has 5 nitrogen and oxygen atoms in total. The molecule has 0 aliphatic carbocycles. The number of para-hydroxylation sites is 1. The van der Waals surface area contributed by atoms with Crippen molar-refractivity contribution in [1.29, 1.82) is 0 Å². The third-order valence-electron chi connectivity index (χ3n) is 3.08. The Morgan fingerprint density at radius 3 is 2.68 bits per heavy atom. The van der Waals surface area contributed by atoms with Gasteiger partial charge in [-0.15, -0.1) is 0 Å². The first-order valence-electron chi connectivity index (χ1n) is 6.22. The minimum absolute atomic E-state index is 0.214.